The molecule has 19 heavy (non-hydrogen) atoms. The highest BCUT2D eigenvalue weighted by molar-refractivity contribution is 5.81. The summed E-state index contributed by atoms with van der Waals surface area (Å²) in [5.41, 5.74) is 5.51. The van der Waals surface area contributed by atoms with Gasteiger partial charge < -0.3 is 20.4 Å². The number of aryl methyl sites for hydroxylation is 1. The Bertz CT molecular complexity index is 422. The summed E-state index contributed by atoms with van der Waals surface area (Å²) in [7, 11) is 2.03. The topological polar surface area (TPSA) is 82.9 Å². The minimum atomic E-state index is 0.279. The lowest BCUT2D eigenvalue weighted by atomic mass is 10.2. The number of hydrogen-bond acceptors (Lipinski definition) is 5. The van der Waals surface area contributed by atoms with Crippen molar-refractivity contribution in [3.05, 3.63) is 18.2 Å². The number of imidazole rings is 1. The molecule has 7 heteroatoms. The first-order valence-electron chi connectivity index (χ1n) is 6.56. The molecule has 1 aliphatic heterocycles. The highest BCUT2D eigenvalue weighted by atomic mass is 16.4. The van der Waals surface area contributed by atoms with Crippen LogP contribution < -0.4 is 5.73 Å². The van der Waals surface area contributed by atoms with Crippen LogP contribution in [0.3, 0.4) is 0 Å². The van der Waals surface area contributed by atoms with Crippen molar-refractivity contribution in [3.63, 3.8) is 0 Å². The van der Waals surface area contributed by atoms with Gasteiger partial charge in [-0.1, -0.05) is 5.16 Å². The lowest BCUT2D eigenvalue weighted by Gasteiger charge is -2.34. The summed E-state index contributed by atoms with van der Waals surface area (Å²) in [6.07, 6.45) is 4.79. The van der Waals surface area contributed by atoms with Gasteiger partial charge in [-0.3, -0.25) is 4.90 Å². The van der Waals surface area contributed by atoms with E-state index in [-0.39, 0.29) is 5.84 Å². The second kappa shape index (κ2) is 6.53. The predicted octanol–water partition coefficient (Wildman–Crippen LogP) is -0.673. The average Bonchev–Trinajstić information content (AvgIpc) is 2.83. The van der Waals surface area contributed by atoms with Crippen LogP contribution in [0.4, 0.5) is 0 Å². The molecule has 3 N–H and O–H groups in total. The summed E-state index contributed by atoms with van der Waals surface area (Å²) in [4.78, 5) is 8.96. The van der Waals surface area contributed by atoms with Crippen LogP contribution in [-0.4, -0.2) is 69.7 Å². The third-order valence-corrected chi connectivity index (χ3v) is 3.55. The molecule has 0 saturated carbocycles. The molecule has 1 aromatic rings. The largest absolute Gasteiger partial charge is 0.409 e. The number of hydrogen-bond donors (Lipinski definition) is 2. The number of oxime groups is 1. The maximum absolute atomic E-state index is 8.55. The van der Waals surface area contributed by atoms with Gasteiger partial charge in [0.25, 0.3) is 0 Å². The van der Waals surface area contributed by atoms with Crippen molar-refractivity contribution in [3.8, 4) is 0 Å². The zero-order valence-electron chi connectivity index (χ0n) is 11.4. The first kappa shape index (κ1) is 13.8. The minimum Gasteiger partial charge on any atom is -0.409 e. The molecule has 1 saturated heterocycles. The fourth-order valence-corrected chi connectivity index (χ4v) is 2.33. The minimum absolute atomic E-state index is 0.279. The molecular weight excluding hydrogens is 244 g/mol. The van der Waals surface area contributed by atoms with E-state index in [1.54, 1.807) is 0 Å². The third kappa shape index (κ3) is 3.93. The van der Waals surface area contributed by atoms with Crippen LogP contribution in [0.1, 0.15) is 5.82 Å². The lowest BCUT2D eigenvalue weighted by Crippen LogP contribution is -2.49. The average molecular weight is 266 g/mol. The Morgan fingerprint density at radius 3 is 2.63 bits per heavy atom. The van der Waals surface area contributed by atoms with E-state index in [0.717, 1.165) is 45.0 Å². The van der Waals surface area contributed by atoms with Gasteiger partial charge in [-0.25, -0.2) is 4.98 Å². The van der Waals surface area contributed by atoms with Crippen molar-refractivity contribution >= 4 is 5.84 Å². The molecule has 0 aromatic carbocycles. The van der Waals surface area contributed by atoms with Crippen molar-refractivity contribution in [1.29, 1.82) is 0 Å². The molecule has 0 spiro atoms. The van der Waals surface area contributed by atoms with E-state index in [1.165, 1.54) is 0 Å². The second-order valence-electron chi connectivity index (χ2n) is 4.91. The molecule has 0 bridgehead atoms. The normalized spacial score (nSPS) is 18.9. The molecule has 2 rings (SSSR count). The van der Waals surface area contributed by atoms with Gasteiger partial charge in [-0.05, 0) is 0 Å². The van der Waals surface area contributed by atoms with E-state index in [2.05, 4.69) is 24.5 Å². The van der Waals surface area contributed by atoms with E-state index in [9.17, 15) is 0 Å². The van der Waals surface area contributed by atoms with Gasteiger partial charge in [0.2, 0.25) is 0 Å². The highest BCUT2D eigenvalue weighted by Gasteiger charge is 2.17. The Labute approximate surface area is 113 Å². The van der Waals surface area contributed by atoms with Crippen LogP contribution in [0.15, 0.2) is 17.5 Å². The fourth-order valence-electron chi connectivity index (χ4n) is 2.33. The summed E-state index contributed by atoms with van der Waals surface area (Å²) in [5, 5.41) is 11.6. The summed E-state index contributed by atoms with van der Waals surface area (Å²) in [6, 6.07) is 0. The molecular formula is C12H22N6O. The monoisotopic (exact) mass is 266 g/mol. The van der Waals surface area contributed by atoms with Crippen molar-refractivity contribution in [2.45, 2.75) is 6.42 Å². The third-order valence-electron chi connectivity index (χ3n) is 3.55. The summed E-state index contributed by atoms with van der Waals surface area (Å²) in [5.74, 6) is 1.40. The zero-order valence-corrected chi connectivity index (χ0v) is 11.4. The standard InChI is InChI=1S/C12H22N6O/c1-16-5-3-14-12(16)2-4-17-6-8-18(9-7-17)10-11(13)15-19/h3,5,19H,2,4,6-10H2,1H3,(H2,13,15). The van der Waals surface area contributed by atoms with Crippen LogP contribution in [-0.2, 0) is 13.5 Å². The number of piperazine rings is 1. The molecule has 2 heterocycles. The van der Waals surface area contributed by atoms with E-state index in [1.807, 2.05) is 19.4 Å². The SMILES string of the molecule is Cn1ccnc1CCN1CCN(C/C(N)=N/O)CC1. The summed E-state index contributed by atoms with van der Waals surface area (Å²) >= 11 is 0. The number of nitrogens with two attached hydrogens (primary N) is 1. The Balaban J connectivity index is 1.70. The first-order chi connectivity index (χ1) is 9.19. The van der Waals surface area contributed by atoms with Gasteiger partial charge in [-0.2, -0.15) is 0 Å². The smallest absolute Gasteiger partial charge is 0.153 e. The molecule has 1 fully saturated rings. The van der Waals surface area contributed by atoms with Gasteiger partial charge in [0.05, 0.1) is 6.54 Å². The summed E-state index contributed by atoms with van der Waals surface area (Å²) < 4.78 is 2.06. The quantitative estimate of drug-likeness (QED) is 0.319. The Kier molecular flexibility index (Phi) is 4.75. The molecule has 0 radical (unpaired) electrons. The van der Waals surface area contributed by atoms with Gasteiger partial charge >= 0.3 is 0 Å². The number of nitrogens with zero attached hydrogens (tertiary/aromatic N) is 5. The van der Waals surface area contributed by atoms with Crippen LogP contribution in [0.2, 0.25) is 0 Å². The number of amidine groups is 1. The molecule has 0 aliphatic carbocycles. The van der Waals surface area contributed by atoms with Gasteiger partial charge in [0.15, 0.2) is 5.84 Å². The molecule has 0 atom stereocenters. The second-order valence-corrected chi connectivity index (χ2v) is 4.91. The van der Waals surface area contributed by atoms with Crippen molar-refractivity contribution < 1.29 is 5.21 Å². The maximum Gasteiger partial charge on any atom is 0.153 e. The fraction of sp³-hybridized carbons (Fsp3) is 0.667. The molecule has 0 unspecified atom stereocenters. The van der Waals surface area contributed by atoms with Crippen molar-refractivity contribution in [1.82, 2.24) is 19.4 Å². The van der Waals surface area contributed by atoms with Gasteiger partial charge in [0, 0.05) is 58.6 Å². The van der Waals surface area contributed by atoms with E-state index >= 15 is 0 Å². The highest BCUT2D eigenvalue weighted by Crippen LogP contribution is 2.04. The lowest BCUT2D eigenvalue weighted by molar-refractivity contribution is 0.145. The molecule has 1 aliphatic rings. The molecule has 7 nitrogen and oxygen atoms in total. The molecule has 1 aromatic heterocycles. The van der Waals surface area contributed by atoms with Crippen LogP contribution in [0.5, 0.6) is 0 Å². The predicted molar refractivity (Wildman–Crippen MR) is 73.2 cm³/mol. The maximum atomic E-state index is 8.55. The van der Waals surface area contributed by atoms with E-state index in [4.69, 9.17) is 10.9 Å². The Morgan fingerprint density at radius 2 is 2.05 bits per heavy atom. The first-order valence-corrected chi connectivity index (χ1v) is 6.56. The van der Waals surface area contributed by atoms with Gasteiger partial charge in [-0.15, -0.1) is 0 Å². The van der Waals surface area contributed by atoms with E-state index in [0.29, 0.717) is 6.54 Å². The van der Waals surface area contributed by atoms with Crippen LogP contribution in [0, 0.1) is 0 Å². The Hall–Kier alpha value is -1.60. The number of aromatic nitrogens is 2. The molecule has 0 amide bonds. The number of rotatable bonds is 5. The van der Waals surface area contributed by atoms with Crippen molar-refractivity contribution in [2.75, 3.05) is 39.3 Å². The Morgan fingerprint density at radius 1 is 1.37 bits per heavy atom. The van der Waals surface area contributed by atoms with Crippen LogP contribution in [0.25, 0.3) is 0 Å². The van der Waals surface area contributed by atoms with Crippen LogP contribution >= 0.6 is 0 Å². The van der Waals surface area contributed by atoms with Gasteiger partial charge in [0.1, 0.15) is 5.82 Å². The summed E-state index contributed by atoms with van der Waals surface area (Å²) in [6.45, 7) is 5.52. The zero-order chi connectivity index (χ0) is 13.7. The van der Waals surface area contributed by atoms with E-state index < -0.39 is 0 Å². The van der Waals surface area contributed by atoms with Crippen molar-refractivity contribution in [2.24, 2.45) is 17.9 Å². The molecule has 106 valence electrons.